The van der Waals surface area contributed by atoms with Gasteiger partial charge in [0.2, 0.25) is 0 Å². The number of rotatable bonds is 6. The topological polar surface area (TPSA) is 105 Å². The number of hydrogen-bond acceptors (Lipinski definition) is 6. The standard InChI is InChI=1S/C32H32N6O2/c1-19-22(15-27-30-23(10-13-34-27)14-21(18-39)16-35-30)6-4-7-24(19)25-8-5-9-26(20(25)2)37-32(40)31-36-28-17-33-12-11-29(28)38(31)3/h4-10,13-14,16,33,39H,11-12,15,17-18H2,1-3H3,(H,37,40). The lowest BCUT2D eigenvalue weighted by Gasteiger charge is -2.17. The van der Waals surface area contributed by atoms with E-state index in [-0.39, 0.29) is 12.5 Å². The Kier molecular flexibility index (Phi) is 6.88. The Morgan fingerprint density at radius 3 is 2.67 bits per heavy atom. The van der Waals surface area contributed by atoms with E-state index >= 15 is 0 Å². The summed E-state index contributed by atoms with van der Waals surface area (Å²) < 4.78 is 1.92. The molecule has 1 aliphatic heterocycles. The largest absolute Gasteiger partial charge is 0.392 e. The SMILES string of the molecule is Cc1c(Cc2nccc3cc(CO)cnc23)cccc1-c1cccc(NC(=O)c2nc3c(n2C)CCNC3)c1C. The van der Waals surface area contributed by atoms with Crippen LogP contribution in [0, 0.1) is 13.8 Å². The highest BCUT2D eigenvalue weighted by molar-refractivity contribution is 6.03. The van der Waals surface area contributed by atoms with E-state index in [1.165, 1.54) is 0 Å². The molecule has 0 radical (unpaired) electrons. The molecule has 8 nitrogen and oxygen atoms in total. The fraction of sp³-hybridized carbons (Fsp3) is 0.250. The van der Waals surface area contributed by atoms with Crippen molar-refractivity contribution in [3.63, 3.8) is 0 Å². The summed E-state index contributed by atoms with van der Waals surface area (Å²) in [6, 6.07) is 16.2. The molecule has 0 spiro atoms. The first-order chi connectivity index (χ1) is 19.4. The molecule has 1 aliphatic rings. The van der Waals surface area contributed by atoms with Crippen LogP contribution in [0.1, 0.15) is 50.0 Å². The van der Waals surface area contributed by atoms with E-state index in [9.17, 15) is 9.90 Å². The fourth-order valence-electron chi connectivity index (χ4n) is 5.63. The lowest BCUT2D eigenvalue weighted by Crippen LogP contribution is -2.24. The van der Waals surface area contributed by atoms with E-state index in [0.717, 1.165) is 80.0 Å². The van der Waals surface area contributed by atoms with Gasteiger partial charge in [-0.05, 0) is 65.4 Å². The number of nitrogens with zero attached hydrogens (tertiary/aromatic N) is 4. The molecule has 0 saturated heterocycles. The number of fused-ring (bicyclic) bond motifs is 2. The first-order valence-electron chi connectivity index (χ1n) is 13.5. The van der Waals surface area contributed by atoms with Crippen molar-refractivity contribution < 1.29 is 9.90 Å². The number of carbonyl (C=O) groups excluding carboxylic acids is 1. The number of benzene rings is 2. The molecule has 3 aromatic heterocycles. The van der Waals surface area contributed by atoms with Crippen molar-refractivity contribution in [3.05, 3.63) is 106 Å². The highest BCUT2D eigenvalue weighted by Crippen LogP contribution is 2.33. The van der Waals surface area contributed by atoms with Crippen LogP contribution >= 0.6 is 0 Å². The third-order valence-electron chi connectivity index (χ3n) is 7.92. The van der Waals surface area contributed by atoms with Crippen LogP contribution in [0.3, 0.4) is 0 Å². The first kappa shape index (κ1) is 25.9. The molecule has 1 amide bonds. The molecule has 0 bridgehead atoms. The Morgan fingerprint density at radius 2 is 1.88 bits per heavy atom. The average molecular weight is 533 g/mol. The van der Waals surface area contributed by atoms with Gasteiger partial charge in [0, 0.05) is 62.1 Å². The lowest BCUT2D eigenvalue weighted by molar-refractivity contribution is 0.101. The maximum absolute atomic E-state index is 13.3. The minimum Gasteiger partial charge on any atom is -0.392 e. The molecule has 6 rings (SSSR count). The van der Waals surface area contributed by atoms with Crippen LogP contribution in [0.5, 0.6) is 0 Å². The Bertz CT molecular complexity index is 1760. The monoisotopic (exact) mass is 532 g/mol. The molecule has 3 N–H and O–H groups in total. The smallest absolute Gasteiger partial charge is 0.291 e. The quantitative estimate of drug-likeness (QED) is 0.295. The number of aliphatic hydroxyl groups is 1. The third kappa shape index (κ3) is 4.65. The number of aliphatic hydroxyl groups excluding tert-OH is 1. The molecule has 202 valence electrons. The highest BCUT2D eigenvalue weighted by Gasteiger charge is 2.22. The number of anilines is 1. The van der Waals surface area contributed by atoms with Crippen LogP contribution < -0.4 is 10.6 Å². The zero-order valence-electron chi connectivity index (χ0n) is 23.0. The Balaban J connectivity index is 1.30. The Morgan fingerprint density at radius 1 is 1.07 bits per heavy atom. The molecule has 4 heterocycles. The predicted octanol–water partition coefficient (Wildman–Crippen LogP) is 4.63. The van der Waals surface area contributed by atoms with Gasteiger partial charge in [-0.2, -0.15) is 0 Å². The molecule has 0 saturated carbocycles. The van der Waals surface area contributed by atoms with Crippen LogP contribution in [0.4, 0.5) is 5.69 Å². The normalized spacial score (nSPS) is 12.9. The minimum atomic E-state index is -0.207. The maximum Gasteiger partial charge on any atom is 0.291 e. The van der Waals surface area contributed by atoms with Crippen LogP contribution in [0.2, 0.25) is 0 Å². The Labute approximate surface area is 233 Å². The van der Waals surface area contributed by atoms with Crippen LogP contribution in [-0.2, 0) is 33.0 Å². The molecule has 8 heteroatoms. The fourth-order valence-corrected chi connectivity index (χ4v) is 5.63. The van der Waals surface area contributed by atoms with Gasteiger partial charge in [-0.15, -0.1) is 0 Å². The molecule has 0 atom stereocenters. The number of imidazole rings is 1. The van der Waals surface area contributed by atoms with E-state index in [4.69, 9.17) is 0 Å². The lowest BCUT2D eigenvalue weighted by atomic mass is 9.91. The molecular formula is C32H32N6O2. The molecule has 2 aromatic carbocycles. The number of amides is 1. The van der Waals surface area contributed by atoms with Crippen molar-refractivity contribution in [2.75, 3.05) is 11.9 Å². The van der Waals surface area contributed by atoms with E-state index in [1.807, 2.05) is 42.8 Å². The van der Waals surface area contributed by atoms with E-state index in [2.05, 4.69) is 56.8 Å². The van der Waals surface area contributed by atoms with Crippen molar-refractivity contribution in [1.82, 2.24) is 24.8 Å². The second-order valence-electron chi connectivity index (χ2n) is 10.3. The summed E-state index contributed by atoms with van der Waals surface area (Å²) in [5.74, 6) is 0.223. The third-order valence-corrected chi connectivity index (χ3v) is 7.92. The van der Waals surface area contributed by atoms with Crippen LogP contribution in [0.15, 0.2) is 60.9 Å². The van der Waals surface area contributed by atoms with Gasteiger partial charge in [0.1, 0.15) is 0 Å². The summed E-state index contributed by atoms with van der Waals surface area (Å²) in [7, 11) is 1.91. The van der Waals surface area contributed by atoms with Crippen molar-refractivity contribution in [3.8, 4) is 11.1 Å². The van der Waals surface area contributed by atoms with Gasteiger partial charge in [-0.1, -0.05) is 30.3 Å². The average Bonchev–Trinajstić information content (AvgIpc) is 3.32. The highest BCUT2D eigenvalue weighted by atomic mass is 16.3. The minimum absolute atomic E-state index is 0.0398. The van der Waals surface area contributed by atoms with Gasteiger partial charge >= 0.3 is 0 Å². The van der Waals surface area contributed by atoms with Gasteiger partial charge in [-0.25, -0.2) is 4.98 Å². The second-order valence-corrected chi connectivity index (χ2v) is 10.3. The molecule has 5 aromatic rings. The summed E-state index contributed by atoms with van der Waals surface area (Å²) in [5, 5.41) is 16.9. The summed E-state index contributed by atoms with van der Waals surface area (Å²) in [6.45, 7) is 5.71. The van der Waals surface area contributed by atoms with Crippen molar-refractivity contribution in [2.24, 2.45) is 7.05 Å². The zero-order chi connectivity index (χ0) is 27.8. The van der Waals surface area contributed by atoms with Crippen LogP contribution in [0.25, 0.3) is 22.0 Å². The van der Waals surface area contributed by atoms with Gasteiger partial charge in [0.05, 0.1) is 23.5 Å². The van der Waals surface area contributed by atoms with Gasteiger partial charge in [0.15, 0.2) is 5.82 Å². The second kappa shape index (κ2) is 10.6. The molecular weight excluding hydrogens is 500 g/mol. The number of nitrogens with one attached hydrogen (secondary N) is 2. The van der Waals surface area contributed by atoms with E-state index < -0.39 is 0 Å². The summed E-state index contributed by atoms with van der Waals surface area (Å²) in [6.07, 6.45) is 5.00. The molecule has 0 aliphatic carbocycles. The van der Waals surface area contributed by atoms with Crippen molar-refractivity contribution in [1.29, 1.82) is 0 Å². The van der Waals surface area contributed by atoms with Crippen molar-refractivity contribution in [2.45, 2.75) is 39.8 Å². The van der Waals surface area contributed by atoms with E-state index in [0.29, 0.717) is 18.8 Å². The van der Waals surface area contributed by atoms with Crippen LogP contribution in [-0.4, -0.2) is 37.1 Å². The molecule has 40 heavy (non-hydrogen) atoms. The van der Waals surface area contributed by atoms with Gasteiger partial charge in [-0.3, -0.25) is 14.8 Å². The number of carbonyl (C=O) groups is 1. The number of hydrogen-bond donors (Lipinski definition) is 3. The van der Waals surface area contributed by atoms with Gasteiger partial charge < -0.3 is 20.3 Å². The maximum atomic E-state index is 13.3. The molecule has 0 fully saturated rings. The van der Waals surface area contributed by atoms with Crippen molar-refractivity contribution >= 4 is 22.5 Å². The summed E-state index contributed by atoms with van der Waals surface area (Å²) >= 11 is 0. The zero-order valence-corrected chi connectivity index (χ0v) is 23.0. The predicted molar refractivity (Wildman–Crippen MR) is 156 cm³/mol. The number of pyridine rings is 2. The summed E-state index contributed by atoms with van der Waals surface area (Å²) in [4.78, 5) is 27.1. The molecule has 0 unspecified atom stereocenters. The Hall–Kier alpha value is -4.40. The van der Waals surface area contributed by atoms with E-state index in [1.54, 1.807) is 12.4 Å². The summed E-state index contributed by atoms with van der Waals surface area (Å²) in [5.41, 5.74) is 10.8. The van der Waals surface area contributed by atoms with Gasteiger partial charge in [0.25, 0.3) is 5.91 Å². The number of aromatic nitrogens is 4. The first-order valence-corrected chi connectivity index (χ1v) is 13.5.